The molecule has 2 heterocycles. The van der Waals surface area contributed by atoms with Gasteiger partial charge in [-0.05, 0) is 42.5 Å². The Balaban J connectivity index is 1.75. The van der Waals surface area contributed by atoms with Gasteiger partial charge in [0.25, 0.3) is 5.91 Å². The van der Waals surface area contributed by atoms with Crippen LogP contribution >= 0.6 is 15.9 Å². The van der Waals surface area contributed by atoms with Crippen LogP contribution in [0.3, 0.4) is 0 Å². The van der Waals surface area contributed by atoms with Crippen molar-refractivity contribution in [2.45, 2.75) is 6.54 Å². The zero-order chi connectivity index (χ0) is 21.1. The summed E-state index contributed by atoms with van der Waals surface area (Å²) in [5.41, 5.74) is 3.90. The zero-order valence-corrected chi connectivity index (χ0v) is 18.3. The summed E-state index contributed by atoms with van der Waals surface area (Å²) in [4.78, 5) is 24.1. The molecule has 5 nitrogen and oxygen atoms in total. The number of ether oxygens (including phenoxy) is 1. The monoisotopic (exact) mass is 461 g/mol. The van der Waals surface area contributed by atoms with E-state index in [-0.39, 0.29) is 5.91 Å². The number of carbonyl (C=O) groups is 1. The van der Waals surface area contributed by atoms with Crippen molar-refractivity contribution in [2.24, 2.45) is 0 Å². The van der Waals surface area contributed by atoms with Gasteiger partial charge in [-0.1, -0.05) is 34.1 Å². The van der Waals surface area contributed by atoms with Crippen molar-refractivity contribution >= 4 is 32.7 Å². The van der Waals surface area contributed by atoms with Gasteiger partial charge in [0, 0.05) is 47.0 Å². The summed E-state index contributed by atoms with van der Waals surface area (Å²) in [6, 6.07) is 19.1. The van der Waals surface area contributed by atoms with E-state index >= 15 is 0 Å². The Hall–Kier alpha value is -3.25. The molecule has 0 aliphatic rings. The average molecular weight is 462 g/mol. The number of carbonyl (C=O) groups excluding carboxylic acids is 1. The van der Waals surface area contributed by atoms with E-state index in [2.05, 4.69) is 20.9 Å². The molecule has 0 aliphatic heterocycles. The highest BCUT2D eigenvalue weighted by Crippen LogP contribution is 2.27. The molecule has 0 saturated heterocycles. The summed E-state index contributed by atoms with van der Waals surface area (Å²) < 4.78 is 6.40. The number of hydrogen-bond acceptors (Lipinski definition) is 4. The van der Waals surface area contributed by atoms with Crippen LogP contribution in [-0.4, -0.2) is 34.9 Å². The number of hydrogen-bond donors (Lipinski definition) is 0. The quantitative estimate of drug-likeness (QED) is 0.402. The minimum absolute atomic E-state index is 0.0826. The third-order valence-electron chi connectivity index (χ3n) is 4.90. The number of pyridine rings is 2. The van der Waals surface area contributed by atoms with Crippen molar-refractivity contribution in [1.29, 1.82) is 0 Å². The van der Waals surface area contributed by atoms with Gasteiger partial charge < -0.3 is 9.64 Å². The number of amides is 1. The highest BCUT2D eigenvalue weighted by Gasteiger charge is 2.19. The Kier molecular flexibility index (Phi) is 5.77. The minimum Gasteiger partial charge on any atom is -0.496 e. The maximum absolute atomic E-state index is 13.5. The Morgan fingerprint density at radius 1 is 1.10 bits per heavy atom. The van der Waals surface area contributed by atoms with Gasteiger partial charge in [0.1, 0.15) is 5.75 Å². The fraction of sp³-hybridized carbons (Fsp3) is 0.125. The van der Waals surface area contributed by atoms with E-state index in [1.807, 2.05) is 60.7 Å². The number of fused-ring (bicyclic) bond motifs is 1. The van der Waals surface area contributed by atoms with Crippen LogP contribution in [0.2, 0.25) is 0 Å². The molecule has 1 amide bonds. The van der Waals surface area contributed by atoms with Gasteiger partial charge in [0.15, 0.2) is 0 Å². The summed E-state index contributed by atoms with van der Waals surface area (Å²) in [6.07, 6.45) is 3.47. The van der Waals surface area contributed by atoms with Crippen LogP contribution in [0.4, 0.5) is 0 Å². The lowest BCUT2D eigenvalue weighted by Gasteiger charge is -2.20. The summed E-state index contributed by atoms with van der Waals surface area (Å²) >= 11 is 3.49. The first-order valence-electron chi connectivity index (χ1n) is 9.45. The number of rotatable bonds is 5. The number of methoxy groups -OCH3 is 1. The third kappa shape index (κ3) is 4.04. The Morgan fingerprint density at radius 2 is 1.93 bits per heavy atom. The van der Waals surface area contributed by atoms with E-state index in [0.29, 0.717) is 12.1 Å². The standard InChI is InChI=1S/C24H20BrN3O2/c1-28(15-17-12-18(25)9-10-23(17)30-2)24(29)20-13-22(16-6-5-11-26-14-16)27-21-8-4-3-7-19(20)21/h3-14H,15H2,1-2H3. The summed E-state index contributed by atoms with van der Waals surface area (Å²) in [5.74, 6) is 0.661. The van der Waals surface area contributed by atoms with Crippen LogP contribution in [0.25, 0.3) is 22.2 Å². The van der Waals surface area contributed by atoms with E-state index in [9.17, 15) is 4.79 Å². The second-order valence-corrected chi connectivity index (χ2v) is 7.85. The van der Waals surface area contributed by atoms with Crippen LogP contribution in [0.15, 0.2) is 77.5 Å². The van der Waals surface area contributed by atoms with E-state index < -0.39 is 0 Å². The molecule has 0 fully saturated rings. The Morgan fingerprint density at radius 3 is 2.70 bits per heavy atom. The lowest BCUT2D eigenvalue weighted by molar-refractivity contribution is 0.0786. The van der Waals surface area contributed by atoms with Crippen molar-refractivity contribution in [1.82, 2.24) is 14.9 Å². The second-order valence-electron chi connectivity index (χ2n) is 6.93. The average Bonchev–Trinajstić information content (AvgIpc) is 2.78. The molecule has 0 N–H and O–H groups in total. The summed E-state index contributed by atoms with van der Waals surface area (Å²) in [6.45, 7) is 0.417. The van der Waals surface area contributed by atoms with Gasteiger partial charge in [-0.3, -0.25) is 9.78 Å². The maximum atomic E-state index is 13.5. The smallest absolute Gasteiger partial charge is 0.254 e. The predicted molar refractivity (Wildman–Crippen MR) is 121 cm³/mol. The molecule has 2 aromatic carbocycles. The molecular weight excluding hydrogens is 442 g/mol. The summed E-state index contributed by atoms with van der Waals surface area (Å²) in [5, 5.41) is 0.822. The highest BCUT2D eigenvalue weighted by molar-refractivity contribution is 9.10. The maximum Gasteiger partial charge on any atom is 0.254 e. The molecule has 30 heavy (non-hydrogen) atoms. The molecule has 4 rings (SSSR count). The van der Waals surface area contributed by atoms with Crippen LogP contribution in [-0.2, 0) is 6.54 Å². The topological polar surface area (TPSA) is 55.3 Å². The van der Waals surface area contributed by atoms with Crippen molar-refractivity contribution in [3.8, 4) is 17.0 Å². The van der Waals surface area contributed by atoms with Crippen molar-refractivity contribution in [2.75, 3.05) is 14.2 Å². The molecule has 0 radical (unpaired) electrons. The van der Waals surface area contributed by atoms with Gasteiger partial charge in [0.05, 0.1) is 23.9 Å². The predicted octanol–water partition coefficient (Wildman–Crippen LogP) is 5.34. The molecule has 0 bridgehead atoms. The Bertz CT molecular complexity index is 1210. The number of benzene rings is 2. The minimum atomic E-state index is -0.0826. The lowest BCUT2D eigenvalue weighted by Crippen LogP contribution is -2.26. The molecule has 4 aromatic rings. The van der Waals surface area contributed by atoms with Crippen molar-refractivity contribution in [3.63, 3.8) is 0 Å². The summed E-state index contributed by atoms with van der Waals surface area (Å²) in [7, 11) is 3.42. The number of halogens is 1. The first-order chi connectivity index (χ1) is 14.6. The first-order valence-corrected chi connectivity index (χ1v) is 10.2. The molecule has 0 unspecified atom stereocenters. The van der Waals surface area contributed by atoms with Crippen molar-refractivity contribution in [3.05, 3.63) is 88.7 Å². The molecule has 150 valence electrons. The number of nitrogens with zero attached hydrogens (tertiary/aromatic N) is 3. The highest BCUT2D eigenvalue weighted by atomic mass is 79.9. The molecule has 6 heteroatoms. The van der Waals surface area contributed by atoms with Crippen LogP contribution in [0, 0.1) is 0 Å². The van der Waals surface area contributed by atoms with Crippen LogP contribution < -0.4 is 4.74 Å². The molecule has 0 aliphatic carbocycles. The van der Waals surface area contributed by atoms with Gasteiger partial charge >= 0.3 is 0 Å². The van der Waals surface area contributed by atoms with Crippen LogP contribution in [0.5, 0.6) is 5.75 Å². The van der Waals surface area contributed by atoms with E-state index in [1.54, 1.807) is 31.5 Å². The molecule has 0 spiro atoms. The van der Waals surface area contributed by atoms with Gasteiger partial charge in [-0.25, -0.2) is 4.98 Å². The lowest BCUT2D eigenvalue weighted by atomic mass is 10.0. The van der Waals surface area contributed by atoms with Crippen molar-refractivity contribution < 1.29 is 9.53 Å². The fourth-order valence-corrected chi connectivity index (χ4v) is 3.83. The SMILES string of the molecule is COc1ccc(Br)cc1CN(C)C(=O)c1cc(-c2cccnc2)nc2ccccc12. The van der Waals surface area contributed by atoms with E-state index in [1.165, 1.54) is 0 Å². The molecular formula is C24H20BrN3O2. The number of aromatic nitrogens is 2. The van der Waals surface area contributed by atoms with E-state index in [0.717, 1.165) is 37.9 Å². The Labute approximate surface area is 183 Å². The van der Waals surface area contributed by atoms with Gasteiger partial charge in [0.2, 0.25) is 0 Å². The van der Waals surface area contributed by atoms with Crippen LogP contribution in [0.1, 0.15) is 15.9 Å². The number of para-hydroxylation sites is 1. The second kappa shape index (κ2) is 8.63. The molecule has 2 aromatic heterocycles. The zero-order valence-electron chi connectivity index (χ0n) is 16.7. The van der Waals surface area contributed by atoms with Gasteiger partial charge in [-0.15, -0.1) is 0 Å². The largest absolute Gasteiger partial charge is 0.496 e. The molecule has 0 saturated carbocycles. The normalized spacial score (nSPS) is 10.8. The van der Waals surface area contributed by atoms with E-state index in [4.69, 9.17) is 9.72 Å². The third-order valence-corrected chi connectivity index (χ3v) is 5.39. The first kappa shape index (κ1) is 20.0. The molecule has 0 atom stereocenters. The fourth-order valence-electron chi connectivity index (χ4n) is 3.42. The van der Waals surface area contributed by atoms with Gasteiger partial charge in [-0.2, -0.15) is 0 Å².